The van der Waals surface area contributed by atoms with Gasteiger partial charge in [0, 0.05) is 39.3 Å². The van der Waals surface area contributed by atoms with Crippen LogP contribution in [0.1, 0.15) is 40.5 Å². The first-order chi connectivity index (χ1) is 12.3. The zero-order chi connectivity index (χ0) is 19.2. The molecule has 2 fully saturated rings. The lowest BCUT2D eigenvalue weighted by atomic mass is 10.2. The fourth-order valence-electron chi connectivity index (χ4n) is 3.05. The number of piperazine rings is 1. The van der Waals surface area contributed by atoms with Crippen molar-refractivity contribution < 1.29 is 19.1 Å². The summed E-state index contributed by atoms with van der Waals surface area (Å²) in [6, 6.07) is 0. The van der Waals surface area contributed by atoms with Crippen molar-refractivity contribution in [2.24, 2.45) is 4.99 Å². The Labute approximate surface area is 155 Å². The van der Waals surface area contributed by atoms with E-state index < -0.39 is 5.60 Å². The van der Waals surface area contributed by atoms with Gasteiger partial charge in [0.2, 0.25) is 0 Å². The van der Waals surface area contributed by atoms with Crippen LogP contribution in [0, 0.1) is 0 Å². The molecule has 2 heterocycles. The summed E-state index contributed by atoms with van der Waals surface area (Å²) in [7, 11) is 0. The molecule has 1 N–H and O–H groups in total. The Hall–Kier alpha value is -1.83. The molecular weight excluding hydrogens is 336 g/mol. The summed E-state index contributed by atoms with van der Waals surface area (Å²) in [4.78, 5) is 32.7. The first-order valence-corrected chi connectivity index (χ1v) is 9.45. The molecule has 26 heavy (non-hydrogen) atoms. The Balaban J connectivity index is 1.87. The van der Waals surface area contributed by atoms with Crippen LogP contribution >= 0.6 is 0 Å². The lowest BCUT2D eigenvalue weighted by Crippen LogP contribution is -2.55. The van der Waals surface area contributed by atoms with Crippen molar-refractivity contribution in [2.75, 3.05) is 45.9 Å². The number of guanidine groups is 1. The fraction of sp³-hybridized carbons (Fsp3) is 0.833. The molecule has 0 aromatic heterocycles. The number of nitrogens with zero attached hydrogens (tertiary/aromatic N) is 3. The van der Waals surface area contributed by atoms with Crippen LogP contribution in [0.5, 0.6) is 0 Å². The molecule has 0 aliphatic carbocycles. The third-order valence-corrected chi connectivity index (χ3v) is 4.21. The molecular formula is C18H32N4O4. The van der Waals surface area contributed by atoms with E-state index in [2.05, 4.69) is 15.2 Å². The lowest BCUT2D eigenvalue weighted by Gasteiger charge is -2.37. The predicted molar refractivity (Wildman–Crippen MR) is 99.0 cm³/mol. The summed E-state index contributed by atoms with van der Waals surface area (Å²) in [6.45, 7) is 11.5. The summed E-state index contributed by atoms with van der Waals surface area (Å²) in [5.41, 5.74) is -0.515. The lowest BCUT2D eigenvalue weighted by molar-refractivity contribution is -0.152. The van der Waals surface area contributed by atoms with E-state index in [1.54, 1.807) is 0 Å². The summed E-state index contributed by atoms with van der Waals surface area (Å²) < 4.78 is 10.8. The number of esters is 1. The van der Waals surface area contributed by atoms with Gasteiger partial charge in [0.25, 0.3) is 5.91 Å². The Morgan fingerprint density at radius 3 is 2.38 bits per heavy atom. The minimum atomic E-state index is -0.515. The minimum absolute atomic E-state index is 0.0192. The van der Waals surface area contributed by atoms with Crippen molar-refractivity contribution in [1.82, 2.24) is 15.1 Å². The van der Waals surface area contributed by atoms with E-state index in [1.807, 2.05) is 32.6 Å². The number of hydrogen-bond donors (Lipinski definition) is 1. The molecule has 2 rings (SSSR count). The molecule has 0 saturated carbocycles. The molecule has 1 amide bonds. The van der Waals surface area contributed by atoms with E-state index in [0.717, 1.165) is 12.8 Å². The molecule has 0 bridgehead atoms. The highest BCUT2D eigenvalue weighted by Crippen LogP contribution is 2.16. The van der Waals surface area contributed by atoms with Gasteiger partial charge in [0.15, 0.2) is 5.96 Å². The molecule has 148 valence electrons. The SMILES string of the molecule is CCNC(=NCC(=O)OC(C)(C)C)N1CCN(C(=O)C2CCCO2)CC1. The topological polar surface area (TPSA) is 83.5 Å². The monoisotopic (exact) mass is 368 g/mol. The van der Waals surface area contributed by atoms with Crippen molar-refractivity contribution in [2.45, 2.75) is 52.2 Å². The van der Waals surface area contributed by atoms with Crippen molar-refractivity contribution in [3.8, 4) is 0 Å². The maximum atomic E-state index is 12.4. The van der Waals surface area contributed by atoms with Gasteiger partial charge in [-0.3, -0.25) is 9.59 Å². The highest BCUT2D eigenvalue weighted by molar-refractivity contribution is 5.84. The molecule has 2 aliphatic rings. The quantitative estimate of drug-likeness (QED) is 0.445. The Kier molecular flexibility index (Phi) is 7.25. The normalized spacial score (nSPS) is 21.7. The number of nitrogens with one attached hydrogen (secondary N) is 1. The predicted octanol–water partition coefficient (Wildman–Crippen LogP) is 0.617. The van der Waals surface area contributed by atoms with Gasteiger partial charge in [-0.2, -0.15) is 0 Å². The Bertz CT molecular complexity index is 516. The van der Waals surface area contributed by atoms with Crippen LogP contribution in [-0.4, -0.2) is 85.2 Å². The van der Waals surface area contributed by atoms with Crippen LogP contribution in [0.25, 0.3) is 0 Å². The summed E-state index contributed by atoms with van der Waals surface area (Å²) in [5.74, 6) is 0.431. The molecule has 0 aromatic rings. The average molecular weight is 368 g/mol. The summed E-state index contributed by atoms with van der Waals surface area (Å²) in [5, 5.41) is 3.21. The maximum absolute atomic E-state index is 12.4. The van der Waals surface area contributed by atoms with Gasteiger partial charge in [0.05, 0.1) is 0 Å². The number of carbonyl (C=O) groups excluding carboxylic acids is 2. The van der Waals surface area contributed by atoms with Crippen LogP contribution in [0.15, 0.2) is 4.99 Å². The zero-order valence-corrected chi connectivity index (χ0v) is 16.4. The smallest absolute Gasteiger partial charge is 0.328 e. The molecule has 0 aromatic carbocycles. The first kappa shape index (κ1) is 20.5. The third kappa shape index (κ3) is 6.16. The maximum Gasteiger partial charge on any atom is 0.328 e. The molecule has 2 aliphatic heterocycles. The van der Waals surface area contributed by atoms with Crippen molar-refractivity contribution in [3.05, 3.63) is 0 Å². The summed E-state index contributed by atoms with van der Waals surface area (Å²) >= 11 is 0. The van der Waals surface area contributed by atoms with Gasteiger partial charge in [0.1, 0.15) is 18.2 Å². The van der Waals surface area contributed by atoms with Gasteiger partial charge in [-0.05, 0) is 40.5 Å². The number of ether oxygens (including phenoxy) is 2. The number of carbonyl (C=O) groups is 2. The highest BCUT2D eigenvalue weighted by atomic mass is 16.6. The molecule has 8 nitrogen and oxygen atoms in total. The van der Waals surface area contributed by atoms with E-state index in [9.17, 15) is 9.59 Å². The van der Waals surface area contributed by atoms with Crippen molar-refractivity contribution in [1.29, 1.82) is 0 Å². The minimum Gasteiger partial charge on any atom is -0.459 e. The summed E-state index contributed by atoms with van der Waals surface area (Å²) in [6.07, 6.45) is 1.51. The van der Waals surface area contributed by atoms with Crippen molar-refractivity contribution in [3.63, 3.8) is 0 Å². The Morgan fingerprint density at radius 1 is 1.19 bits per heavy atom. The van der Waals surface area contributed by atoms with E-state index in [-0.39, 0.29) is 24.5 Å². The molecule has 1 unspecified atom stereocenters. The van der Waals surface area contributed by atoms with Gasteiger partial charge < -0.3 is 24.6 Å². The van der Waals surface area contributed by atoms with Crippen LogP contribution in [0.2, 0.25) is 0 Å². The number of rotatable bonds is 4. The average Bonchev–Trinajstić information content (AvgIpc) is 3.11. The van der Waals surface area contributed by atoms with Crippen LogP contribution in [0.4, 0.5) is 0 Å². The van der Waals surface area contributed by atoms with Crippen LogP contribution in [0.3, 0.4) is 0 Å². The van der Waals surface area contributed by atoms with Gasteiger partial charge >= 0.3 is 5.97 Å². The molecule has 0 spiro atoms. The second kappa shape index (κ2) is 9.21. The fourth-order valence-corrected chi connectivity index (χ4v) is 3.05. The zero-order valence-electron chi connectivity index (χ0n) is 16.4. The molecule has 0 radical (unpaired) electrons. The van der Waals surface area contributed by atoms with E-state index in [4.69, 9.17) is 9.47 Å². The van der Waals surface area contributed by atoms with Gasteiger partial charge in [-0.15, -0.1) is 0 Å². The van der Waals surface area contributed by atoms with E-state index >= 15 is 0 Å². The van der Waals surface area contributed by atoms with Crippen molar-refractivity contribution >= 4 is 17.8 Å². The first-order valence-electron chi connectivity index (χ1n) is 9.45. The number of aliphatic imine (C=N–C) groups is 1. The molecule has 8 heteroatoms. The molecule has 1 atom stereocenters. The second-order valence-electron chi connectivity index (χ2n) is 7.57. The number of hydrogen-bond acceptors (Lipinski definition) is 5. The van der Waals surface area contributed by atoms with E-state index in [1.165, 1.54) is 0 Å². The molecule has 2 saturated heterocycles. The van der Waals surface area contributed by atoms with Crippen LogP contribution in [-0.2, 0) is 19.1 Å². The van der Waals surface area contributed by atoms with E-state index in [0.29, 0.717) is 45.3 Å². The number of amides is 1. The standard InChI is InChI=1S/C18H32N4O4/c1-5-19-17(20-13-15(23)26-18(2,3)4)22-10-8-21(9-11-22)16(24)14-7-6-12-25-14/h14H,5-13H2,1-4H3,(H,19,20). The van der Waals surface area contributed by atoms with Crippen LogP contribution < -0.4 is 5.32 Å². The third-order valence-electron chi connectivity index (χ3n) is 4.21. The Morgan fingerprint density at radius 2 is 1.85 bits per heavy atom. The van der Waals surface area contributed by atoms with Gasteiger partial charge in [-0.1, -0.05) is 0 Å². The largest absolute Gasteiger partial charge is 0.459 e. The highest BCUT2D eigenvalue weighted by Gasteiger charge is 2.31. The second-order valence-corrected chi connectivity index (χ2v) is 7.57. The van der Waals surface area contributed by atoms with Gasteiger partial charge in [-0.25, -0.2) is 4.99 Å².